The van der Waals surface area contributed by atoms with Crippen LogP contribution >= 0.6 is 12.2 Å². The lowest BCUT2D eigenvalue weighted by Crippen LogP contribution is -2.25. The predicted octanol–water partition coefficient (Wildman–Crippen LogP) is 3.03. The number of aromatic nitrogens is 3. The number of aromatic hydroxyl groups is 1. The van der Waals surface area contributed by atoms with Gasteiger partial charge in [0.2, 0.25) is 0 Å². The third-order valence-electron chi connectivity index (χ3n) is 4.03. The number of nitrogens with one attached hydrogen (secondary N) is 2. The van der Waals surface area contributed by atoms with E-state index in [1.165, 1.54) is 0 Å². The standard InChI is InChI=1S/C16H20N4O2S/c1-9(2)10-3-6-13(21)12(7-10)15(22)17-8-14-18-19-16(23)20(14)11-4-5-11/h3,6-7,9,11,21H,4-5,8H2,1-2H3,(H,17,22)(H,19,23). The van der Waals surface area contributed by atoms with E-state index in [1.807, 2.05) is 24.5 Å². The zero-order chi connectivity index (χ0) is 16.6. The average Bonchev–Trinajstić information content (AvgIpc) is 3.28. The first kappa shape index (κ1) is 15.7. The lowest BCUT2D eigenvalue weighted by Gasteiger charge is -2.11. The molecule has 0 spiro atoms. The van der Waals surface area contributed by atoms with E-state index in [1.54, 1.807) is 12.1 Å². The van der Waals surface area contributed by atoms with E-state index in [0.29, 0.717) is 16.6 Å². The smallest absolute Gasteiger partial charge is 0.255 e. The van der Waals surface area contributed by atoms with Gasteiger partial charge in [-0.1, -0.05) is 19.9 Å². The van der Waals surface area contributed by atoms with E-state index in [9.17, 15) is 9.90 Å². The van der Waals surface area contributed by atoms with Crippen LogP contribution in [0.15, 0.2) is 18.2 Å². The van der Waals surface area contributed by atoms with Crippen LogP contribution in [0.25, 0.3) is 0 Å². The summed E-state index contributed by atoms with van der Waals surface area (Å²) in [6.45, 7) is 4.36. The first-order valence-corrected chi connectivity index (χ1v) is 8.15. The van der Waals surface area contributed by atoms with Crippen molar-refractivity contribution in [3.63, 3.8) is 0 Å². The Morgan fingerprint density at radius 2 is 2.26 bits per heavy atom. The van der Waals surface area contributed by atoms with Crippen molar-refractivity contribution < 1.29 is 9.90 Å². The molecule has 0 aliphatic heterocycles. The third kappa shape index (κ3) is 3.29. The number of phenols is 1. The second-order valence-electron chi connectivity index (χ2n) is 6.16. The van der Waals surface area contributed by atoms with Crippen molar-refractivity contribution in [2.24, 2.45) is 0 Å². The van der Waals surface area contributed by atoms with Gasteiger partial charge in [0.05, 0.1) is 12.1 Å². The number of hydrogen-bond acceptors (Lipinski definition) is 4. The molecule has 3 rings (SSSR count). The van der Waals surface area contributed by atoms with E-state index in [0.717, 1.165) is 18.4 Å². The number of amides is 1. The molecule has 1 fully saturated rings. The van der Waals surface area contributed by atoms with Crippen LogP contribution in [0.1, 0.15) is 60.4 Å². The molecule has 0 radical (unpaired) electrons. The van der Waals surface area contributed by atoms with E-state index in [-0.39, 0.29) is 29.7 Å². The van der Waals surface area contributed by atoms with Crippen molar-refractivity contribution in [3.05, 3.63) is 39.9 Å². The Bertz CT molecular complexity index is 790. The normalized spacial score (nSPS) is 14.2. The molecule has 1 amide bonds. The molecule has 3 N–H and O–H groups in total. The van der Waals surface area contributed by atoms with Crippen LogP contribution in [-0.2, 0) is 6.54 Å². The molecule has 1 aliphatic rings. The Labute approximate surface area is 139 Å². The molecule has 0 atom stereocenters. The summed E-state index contributed by atoms with van der Waals surface area (Å²) in [5, 5.41) is 19.7. The van der Waals surface area contributed by atoms with E-state index in [4.69, 9.17) is 12.2 Å². The lowest BCUT2D eigenvalue weighted by atomic mass is 10.00. The van der Waals surface area contributed by atoms with Crippen molar-refractivity contribution in [3.8, 4) is 5.75 Å². The minimum atomic E-state index is -0.318. The summed E-state index contributed by atoms with van der Waals surface area (Å²) in [4.78, 5) is 12.4. The Morgan fingerprint density at radius 1 is 1.52 bits per heavy atom. The highest BCUT2D eigenvalue weighted by molar-refractivity contribution is 7.71. The number of hydrogen-bond donors (Lipinski definition) is 3. The summed E-state index contributed by atoms with van der Waals surface area (Å²) in [6, 6.07) is 5.51. The molecule has 122 valence electrons. The van der Waals surface area contributed by atoms with Crippen LogP contribution in [0.3, 0.4) is 0 Å². The predicted molar refractivity (Wildman–Crippen MR) is 89.0 cm³/mol. The quantitative estimate of drug-likeness (QED) is 0.735. The molecule has 6 nitrogen and oxygen atoms in total. The summed E-state index contributed by atoms with van der Waals surface area (Å²) in [7, 11) is 0. The van der Waals surface area contributed by atoms with Crippen molar-refractivity contribution in [2.75, 3.05) is 0 Å². The van der Waals surface area contributed by atoms with Gasteiger partial charge in [-0.25, -0.2) is 0 Å². The molecule has 1 aliphatic carbocycles. The molecule has 0 unspecified atom stereocenters. The zero-order valence-electron chi connectivity index (χ0n) is 13.2. The molecule has 0 saturated heterocycles. The van der Waals surface area contributed by atoms with Crippen LogP contribution in [0.5, 0.6) is 5.75 Å². The first-order chi connectivity index (χ1) is 11.0. The fourth-order valence-electron chi connectivity index (χ4n) is 2.52. The minimum Gasteiger partial charge on any atom is -0.507 e. The van der Waals surface area contributed by atoms with Gasteiger partial charge in [-0.15, -0.1) is 0 Å². The van der Waals surface area contributed by atoms with Crippen LogP contribution in [0.2, 0.25) is 0 Å². The highest BCUT2D eigenvalue weighted by Crippen LogP contribution is 2.35. The summed E-state index contributed by atoms with van der Waals surface area (Å²) < 4.78 is 2.54. The van der Waals surface area contributed by atoms with Crippen LogP contribution in [0, 0.1) is 4.77 Å². The third-order valence-corrected chi connectivity index (χ3v) is 4.32. The summed E-state index contributed by atoms with van der Waals surface area (Å²) >= 11 is 5.22. The van der Waals surface area contributed by atoms with Crippen molar-refractivity contribution >= 4 is 18.1 Å². The van der Waals surface area contributed by atoms with E-state index >= 15 is 0 Å². The number of aromatic amines is 1. The van der Waals surface area contributed by atoms with Crippen molar-refractivity contribution in [1.29, 1.82) is 0 Å². The molecule has 2 aromatic rings. The zero-order valence-corrected chi connectivity index (χ0v) is 14.0. The minimum absolute atomic E-state index is 0.0204. The second-order valence-corrected chi connectivity index (χ2v) is 6.55. The maximum atomic E-state index is 12.4. The Hall–Kier alpha value is -2.15. The summed E-state index contributed by atoms with van der Waals surface area (Å²) in [6.07, 6.45) is 2.18. The average molecular weight is 332 g/mol. The van der Waals surface area contributed by atoms with Gasteiger partial charge in [-0.2, -0.15) is 5.10 Å². The SMILES string of the molecule is CC(C)c1ccc(O)c(C(=O)NCc2n[nH]c(=S)n2C2CC2)c1. The van der Waals surface area contributed by atoms with Crippen LogP contribution in [-0.4, -0.2) is 25.8 Å². The number of carbonyl (C=O) groups is 1. The highest BCUT2D eigenvalue weighted by Gasteiger charge is 2.27. The molecule has 1 heterocycles. The highest BCUT2D eigenvalue weighted by atomic mass is 32.1. The van der Waals surface area contributed by atoms with Gasteiger partial charge in [-0.05, 0) is 48.7 Å². The van der Waals surface area contributed by atoms with Gasteiger partial charge < -0.3 is 10.4 Å². The molecular weight excluding hydrogens is 312 g/mol. The van der Waals surface area contributed by atoms with Crippen LogP contribution in [0.4, 0.5) is 0 Å². The number of phenolic OH excluding ortho intramolecular Hbond substituents is 1. The topological polar surface area (TPSA) is 82.9 Å². The molecule has 7 heteroatoms. The van der Waals surface area contributed by atoms with Crippen molar-refractivity contribution in [2.45, 2.75) is 45.2 Å². The number of rotatable bonds is 5. The van der Waals surface area contributed by atoms with Gasteiger partial charge in [0.1, 0.15) is 5.75 Å². The fourth-order valence-corrected chi connectivity index (χ4v) is 2.82. The molecule has 1 saturated carbocycles. The molecule has 1 aromatic carbocycles. The maximum Gasteiger partial charge on any atom is 0.255 e. The Morgan fingerprint density at radius 3 is 2.91 bits per heavy atom. The van der Waals surface area contributed by atoms with Crippen LogP contribution < -0.4 is 5.32 Å². The lowest BCUT2D eigenvalue weighted by molar-refractivity contribution is 0.0946. The fraction of sp³-hybridized carbons (Fsp3) is 0.438. The van der Waals surface area contributed by atoms with Gasteiger partial charge >= 0.3 is 0 Å². The largest absolute Gasteiger partial charge is 0.507 e. The Kier molecular flexibility index (Phi) is 4.21. The van der Waals surface area contributed by atoms with Gasteiger partial charge in [0, 0.05) is 6.04 Å². The molecule has 23 heavy (non-hydrogen) atoms. The van der Waals surface area contributed by atoms with Crippen molar-refractivity contribution in [1.82, 2.24) is 20.1 Å². The van der Waals surface area contributed by atoms with Gasteiger partial charge in [-0.3, -0.25) is 14.5 Å². The summed E-state index contributed by atoms with van der Waals surface area (Å²) in [5.74, 6) is 0.660. The molecule has 0 bridgehead atoms. The molecule has 1 aromatic heterocycles. The summed E-state index contributed by atoms with van der Waals surface area (Å²) in [5.41, 5.74) is 1.29. The van der Waals surface area contributed by atoms with Gasteiger partial charge in [0.25, 0.3) is 5.91 Å². The number of benzene rings is 1. The molecular formula is C16H20N4O2S. The Balaban J connectivity index is 1.75. The first-order valence-electron chi connectivity index (χ1n) is 7.74. The maximum absolute atomic E-state index is 12.4. The van der Waals surface area contributed by atoms with Gasteiger partial charge in [0.15, 0.2) is 10.6 Å². The number of carbonyl (C=O) groups excluding carboxylic acids is 1. The second kappa shape index (κ2) is 6.16. The number of H-pyrrole nitrogens is 1. The number of nitrogens with zero attached hydrogens (tertiary/aromatic N) is 2. The van der Waals surface area contributed by atoms with E-state index < -0.39 is 0 Å². The monoisotopic (exact) mass is 332 g/mol. The van der Waals surface area contributed by atoms with E-state index in [2.05, 4.69) is 15.5 Å².